The molecule has 0 bridgehead atoms. The van der Waals surface area contributed by atoms with Gasteiger partial charge in [0.15, 0.2) is 17.4 Å². The molecule has 0 amide bonds. The summed E-state index contributed by atoms with van der Waals surface area (Å²) in [6.07, 6.45) is -7.66. The molecule has 41 heavy (non-hydrogen) atoms. The van der Waals surface area contributed by atoms with Crippen LogP contribution in [0.4, 0.5) is 38.1 Å². The van der Waals surface area contributed by atoms with E-state index >= 15 is 0 Å². The Hall–Kier alpha value is -3.30. The minimum atomic E-state index is -4.83. The van der Waals surface area contributed by atoms with Crippen LogP contribution in [0.3, 0.4) is 0 Å². The third-order valence-corrected chi connectivity index (χ3v) is 7.64. The average Bonchev–Trinajstić information content (AvgIpc) is 3.21. The van der Waals surface area contributed by atoms with E-state index in [1.54, 1.807) is 11.0 Å². The number of hydrogen-bond donors (Lipinski definition) is 0. The van der Waals surface area contributed by atoms with Crippen LogP contribution in [-0.4, -0.2) is 93.9 Å². The second-order valence-corrected chi connectivity index (χ2v) is 10.7. The van der Waals surface area contributed by atoms with Crippen LogP contribution in [0.1, 0.15) is 11.4 Å². The van der Waals surface area contributed by atoms with E-state index < -0.39 is 19.1 Å². The predicted octanol–water partition coefficient (Wildman–Crippen LogP) is 4.10. The number of ether oxygens (including phenoxy) is 1. The fourth-order valence-corrected chi connectivity index (χ4v) is 5.77. The van der Waals surface area contributed by atoms with Gasteiger partial charge < -0.3 is 14.5 Å². The van der Waals surface area contributed by atoms with Crippen LogP contribution in [0.25, 0.3) is 5.69 Å². The quantitative estimate of drug-likeness (QED) is 0.405. The van der Waals surface area contributed by atoms with Gasteiger partial charge in [0.25, 0.3) is 0 Å². The van der Waals surface area contributed by atoms with Crippen molar-refractivity contribution in [2.45, 2.75) is 31.7 Å². The zero-order chi connectivity index (χ0) is 28.9. The molecular weight excluding hydrogens is 578 g/mol. The van der Waals surface area contributed by atoms with Crippen molar-refractivity contribution < 1.29 is 31.1 Å². The SMILES string of the molecule is FC(F)(F)CN1CC(N2Cc3cc(Cl)ccc3-n3c(nnc3N3CCN(c4ncccc4OC(F)(F)F)CC3)C2)C1. The van der Waals surface area contributed by atoms with Gasteiger partial charge in [-0.15, -0.1) is 23.4 Å². The average molecular weight is 603 g/mol. The summed E-state index contributed by atoms with van der Waals surface area (Å²) in [5, 5.41) is 9.45. The number of likely N-dealkylation sites (tertiary alicyclic amines) is 1. The third-order valence-electron chi connectivity index (χ3n) is 7.41. The Morgan fingerprint density at radius 3 is 2.37 bits per heavy atom. The molecule has 16 heteroatoms. The lowest BCUT2D eigenvalue weighted by atomic mass is 10.1. The number of alkyl halides is 6. The van der Waals surface area contributed by atoms with Gasteiger partial charge in [-0.1, -0.05) is 11.6 Å². The predicted molar refractivity (Wildman–Crippen MR) is 137 cm³/mol. The van der Waals surface area contributed by atoms with Gasteiger partial charge in [-0.3, -0.25) is 14.4 Å². The summed E-state index contributed by atoms with van der Waals surface area (Å²) < 4.78 is 83.3. The molecule has 0 atom stereocenters. The van der Waals surface area contributed by atoms with Crippen molar-refractivity contribution in [3.63, 3.8) is 0 Å². The number of anilines is 2. The number of nitrogens with zero attached hydrogens (tertiary/aromatic N) is 8. The van der Waals surface area contributed by atoms with Gasteiger partial charge in [0.1, 0.15) is 0 Å². The van der Waals surface area contributed by atoms with Gasteiger partial charge in [-0.25, -0.2) is 4.98 Å². The molecule has 0 unspecified atom stereocenters. The maximum absolute atomic E-state index is 12.9. The number of piperazine rings is 1. The molecule has 0 saturated carbocycles. The van der Waals surface area contributed by atoms with Crippen molar-refractivity contribution in [1.29, 1.82) is 0 Å². The molecule has 2 saturated heterocycles. The van der Waals surface area contributed by atoms with Crippen molar-refractivity contribution >= 4 is 23.4 Å². The van der Waals surface area contributed by atoms with Gasteiger partial charge in [0.05, 0.1) is 18.8 Å². The maximum atomic E-state index is 12.9. The molecule has 220 valence electrons. The number of halogens is 7. The first-order valence-electron chi connectivity index (χ1n) is 12.9. The molecule has 0 spiro atoms. The fourth-order valence-electron chi connectivity index (χ4n) is 5.57. The Kier molecular flexibility index (Phi) is 7.14. The molecule has 6 rings (SSSR count). The van der Waals surface area contributed by atoms with E-state index in [4.69, 9.17) is 11.6 Å². The second-order valence-electron chi connectivity index (χ2n) is 10.2. The summed E-state index contributed by atoms with van der Waals surface area (Å²) in [6.45, 7) is 2.12. The Labute approximate surface area is 235 Å². The largest absolute Gasteiger partial charge is 0.573 e. The van der Waals surface area contributed by atoms with E-state index in [0.29, 0.717) is 69.2 Å². The van der Waals surface area contributed by atoms with E-state index in [9.17, 15) is 26.3 Å². The summed E-state index contributed by atoms with van der Waals surface area (Å²) in [6, 6.07) is 8.02. The number of rotatable bonds is 5. The summed E-state index contributed by atoms with van der Waals surface area (Å²) in [5.41, 5.74) is 1.72. The number of pyridine rings is 1. The molecular formula is C25H25ClF6N8O. The Balaban J connectivity index is 1.22. The van der Waals surface area contributed by atoms with E-state index in [-0.39, 0.29) is 17.6 Å². The monoisotopic (exact) mass is 602 g/mol. The lowest BCUT2D eigenvalue weighted by Crippen LogP contribution is -2.60. The van der Waals surface area contributed by atoms with Crippen LogP contribution in [0, 0.1) is 0 Å². The van der Waals surface area contributed by atoms with Gasteiger partial charge in [-0.05, 0) is 35.9 Å². The van der Waals surface area contributed by atoms with Crippen LogP contribution in [0.15, 0.2) is 36.5 Å². The highest BCUT2D eigenvalue weighted by Gasteiger charge is 2.41. The molecule has 0 N–H and O–H groups in total. The fraction of sp³-hybridized carbons (Fsp3) is 0.480. The highest BCUT2D eigenvalue weighted by molar-refractivity contribution is 6.30. The van der Waals surface area contributed by atoms with Crippen molar-refractivity contribution in [2.75, 3.05) is 55.6 Å². The molecule has 0 aliphatic carbocycles. The Morgan fingerprint density at radius 2 is 1.66 bits per heavy atom. The summed E-state index contributed by atoms with van der Waals surface area (Å²) >= 11 is 6.32. The highest BCUT2D eigenvalue weighted by Crippen LogP contribution is 2.35. The minimum Gasteiger partial charge on any atom is -0.402 e. The van der Waals surface area contributed by atoms with Crippen molar-refractivity contribution in [3.05, 3.63) is 52.9 Å². The molecule has 3 aliphatic heterocycles. The lowest BCUT2D eigenvalue weighted by molar-refractivity contribution is -0.274. The van der Waals surface area contributed by atoms with Gasteiger partial charge >= 0.3 is 12.5 Å². The molecule has 2 fully saturated rings. The van der Waals surface area contributed by atoms with Crippen LogP contribution in [0.2, 0.25) is 5.02 Å². The zero-order valence-corrected chi connectivity index (χ0v) is 22.3. The van der Waals surface area contributed by atoms with Gasteiger partial charge in [0.2, 0.25) is 5.95 Å². The van der Waals surface area contributed by atoms with Crippen molar-refractivity contribution in [1.82, 2.24) is 29.5 Å². The first kappa shape index (κ1) is 27.8. The van der Waals surface area contributed by atoms with E-state index in [1.807, 2.05) is 21.6 Å². The molecule has 3 aromatic rings. The van der Waals surface area contributed by atoms with Crippen LogP contribution in [-0.2, 0) is 13.1 Å². The number of benzene rings is 1. The molecule has 3 aliphatic rings. The standard InChI is InChI=1S/C25H25ClF6N8O/c26-17-3-4-19-16(10-17)11-39(18-12-36(13-18)15-24(27,28)29)14-21-34-35-23(40(19)21)38-8-6-37(7-9-38)22-20(2-1-5-33-22)41-25(30,31)32/h1-5,10,18H,6-9,11-15H2. The molecule has 2 aromatic heterocycles. The van der Waals surface area contributed by atoms with Gasteiger partial charge in [0, 0.05) is 63.1 Å². The summed E-state index contributed by atoms with van der Waals surface area (Å²) in [5.74, 6) is 0.967. The molecule has 9 nitrogen and oxygen atoms in total. The Bertz CT molecular complexity index is 1400. The van der Waals surface area contributed by atoms with E-state index in [0.717, 1.165) is 11.3 Å². The number of aromatic nitrogens is 4. The lowest BCUT2D eigenvalue weighted by Gasteiger charge is -2.45. The summed E-state index contributed by atoms with van der Waals surface area (Å²) in [7, 11) is 0. The maximum Gasteiger partial charge on any atom is 0.573 e. The zero-order valence-electron chi connectivity index (χ0n) is 21.5. The summed E-state index contributed by atoms with van der Waals surface area (Å²) in [4.78, 5) is 11.3. The second kappa shape index (κ2) is 10.5. The number of fused-ring (bicyclic) bond motifs is 3. The first-order chi connectivity index (χ1) is 19.4. The normalized spacial score (nSPS) is 19.0. The van der Waals surface area contributed by atoms with E-state index in [1.165, 1.54) is 23.2 Å². The van der Waals surface area contributed by atoms with Crippen molar-refractivity contribution in [2.24, 2.45) is 0 Å². The van der Waals surface area contributed by atoms with Crippen LogP contribution < -0.4 is 14.5 Å². The molecule has 5 heterocycles. The Morgan fingerprint density at radius 1 is 0.927 bits per heavy atom. The van der Waals surface area contributed by atoms with Crippen LogP contribution >= 0.6 is 11.6 Å². The van der Waals surface area contributed by atoms with E-state index in [2.05, 4.69) is 24.8 Å². The van der Waals surface area contributed by atoms with Gasteiger partial charge in [-0.2, -0.15) is 13.2 Å². The molecule has 0 radical (unpaired) electrons. The van der Waals surface area contributed by atoms with Crippen LogP contribution in [0.5, 0.6) is 5.75 Å². The molecule has 1 aromatic carbocycles. The van der Waals surface area contributed by atoms with Crippen molar-refractivity contribution in [3.8, 4) is 11.4 Å². The minimum absolute atomic E-state index is 0.0779. The number of hydrogen-bond acceptors (Lipinski definition) is 8. The third kappa shape index (κ3) is 6.02. The highest BCUT2D eigenvalue weighted by atomic mass is 35.5. The smallest absolute Gasteiger partial charge is 0.402 e. The first-order valence-corrected chi connectivity index (χ1v) is 13.3. The topological polar surface area (TPSA) is 65.8 Å².